The summed E-state index contributed by atoms with van der Waals surface area (Å²) in [6.07, 6.45) is 9.26. The number of amides is 2. The summed E-state index contributed by atoms with van der Waals surface area (Å²) >= 11 is 0. The van der Waals surface area contributed by atoms with E-state index in [-0.39, 0.29) is 11.8 Å². The zero-order valence-corrected chi connectivity index (χ0v) is 14.3. The van der Waals surface area contributed by atoms with Crippen LogP contribution in [0.5, 0.6) is 0 Å². The van der Waals surface area contributed by atoms with Gasteiger partial charge in [-0.05, 0) is 25.2 Å². The number of rotatable bonds is 12. The van der Waals surface area contributed by atoms with E-state index in [2.05, 4.69) is 17.2 Å². The molecular formula is C17H32N2O3. The number of likely N-dealkylation sites (N-methyl/N-ethyl adjacent to an activating group) is 1. The van der Waals surface area contributed by atoms with Crippen molar-refractivity contribution in [1.29, 1.82) is 0 Å². The molecule has 22 heavy (non-hydrogen) atoms. The van der Waals surface area contributed by atoms with Gasteiger partial charge in [-0.3, -0.25) is 4.79 Å². The fourth-order valence-corrected chi connectivity index (χ4v) is 2.12. The number of nitrogens with one attached hydrogen (secondary N) is 2. The maximum absolute atomic E-state index is 11.7. The average Bonchev–Trinajstić information content (AvgIpc) is 2.50. The molecule has 0 aliphatic rings. The van der Waals surface area contributed by atoms with E-state index in [9.17, 15) is 9.59 Å². The van der Waals surface area contributed by atoms with Gasteiger partial charge in [0.2, 0.25) is 5.91 Å². The van der Waals surface area contributed by atoms with E-state index < -0.39 is 12.1 Å². The second-order valence-electron chi connectivity index (χ2n) is 5.81. The van der Waals surface area contributed by atoms with Gasteiger partial charge in [-0.2, -0.15) is 0 Å². The second kappa shape index (κ2) is 13.2. The largest absolute Gasteiger partial charge is 0.450 e. The Hall–Kier alpha value is -1.52. The standard InChI is InChI=1S/C17H32N2O3/c1-5-6-7-8-9-10-11-12-13-22-17(21)19-15(14(2)3)16(20)18-4/h5,14-15H,1,6-13H2,2-4H3,(H,18,20)(H,19,21). The minimum atomic E-state index is -0.553. The van der Waals surface area contributed by atoms with E-state index in [0.29, 0.717) is 6.61 Å². The summed E-state index contributed by atoms with van der Waals surface area (Å²) < 4.78 is 5.12. The number of allylic oxidation sites excluding steroid dienone is 1. The molecule has 5 nitrogen and oxygen atoms in total. The molecule has 0 saturated heterocycles. The van der Waals surface area contributed by atoms with Gasteiger partial charge in [-0.1, -0.05) is 45.6 Å². The van der Waals surface area contributed by atoms with Crippen molar-refractivity contribution in [2.45, 2.75) is 64.8 Å². The minimum Gasteiger partial charge on any atom is -0.450 e. The fraction of sp³-hybridized carbons (Fsp3) is 0.765. The SMILES string of the molecule is C=CCCCCCCCCOC(=O)NC(C(=O)NC)C(C)C. The molecule has 5 heteroatoms. The molecule has 0 heterocycles. The lowest BCUT2D eigenvalue weighted by molar-refractivity contribution is -0.123. The Bertz CT molecular complexity index is 330. The maximum Gasteiger partial charge on any atom is 0.407 e. The molecule has 2 N–H and O–H groups in total. The van der Waals surface area contributed by atoms with Crippen LogP contribution in [-0.4, -0.2) is 31.7 Å². The number of alkyl carbamates (subject to hydrolysis) is 1. The number of ether oxygens (including phenoxy) is 1. The van der Waals surface area contributed by atoms with Crippen LogP contribution in [0.15, 0.2) is 12.7 Å². The first-order valence-electron chi connectivity index (χ1n) is 8.28. The van der Waals surface area contributed by atoms with Crippen LogP contribution in [0.3, 0.4) is 0 Å². The molecule has 0 saturated carbocycles. The highest BCUT2D eigenvalue weighted by molar-refractivity contribution is 5.85. The van der Waals surface area contributed by atoms with Gasteiger partial charge in [-0.25, -0.2) is 4.79 Å². The van der Waals surface area contributed by atoms with Crippen molar-refractivity contribution in [1.82, 2.24) is 10.6 Å². The normalized spacial score (nSPS) is 11.8. The lowest BCUT2D eigenvalue weighted by atomic mass is 10.0. The third-order valence-corrected chi connectivity index (χ3v) is 3.50. The van der Waals surface area contributed by atoms with Crippen LogP contribution < -0.4 is 10.6 Å². The van der Waals surface area contributed by atoms with Gasteiger partial charge < -0.3 is 15.4 Å². The van der Waals surface area contributed by atoms with Gasteiger partial charge in [0.1, 0.15) is 6.04 Å². The Morgan fingerprint density at radius 3 is 2.23 bits per heavy atom. The Balaban J connectivity index is 3.68. The van der Waals surface area contributed by atoms with E-state index >= 15 is 0 Å². The predicted molar refractivity (Wildman–Crippen MR) is 89.7 cm³/mol. The number of carbonyl (C=O) groups is 2. The van der Waals surface area contributed by atoms with Crippen molar-refractivity contribution in [3.63, 3.8) is 0 Å². The molecule has 0 aromatic rings. The van der Waals surface area contributed by atoms with E-state index in [1.54, 1.807) is 7.05 Å². The number of hydrogen-bond donors (Lipinski definition) is 2. The molecule has 0 aliphatic heterocycles. The molecule has 0 spiro atoms. The number of unbranched alkanes of at least 4 members (excludes halogenated alkanes) is 6. The Morgan fingerprint density at radius 1 is 1.09 bits per heavy atom. The molecule has 0 bridgehead atoms. The van der Waals surface area contributed by atoms with Crippen LogP contribution in [0, 0.1) is 5.92 Å². The van der Waals surface area contributed by atoms with Crippen molar-refractivity contribution in [3.8, 4) is 0 Å². The summed E-state index contributed by atoms with van der Waals surface area (Å²) in [6.45, 7) is 7.87. The molecule has 1 atom stereocenters. The molecule has 128 valence electrons. The quantitative estimate of drug-likeness (QED) is 0.429. The van der Waals surface area contributed by atoms with Gasteiger partial charge in [0.05, 0.1) is 6.61 Å². The van der Waals surface area contributed by atoms with Gasteiger partial charge in [0.25, 0.3) is 0 Å². The third kappa shape index (κ3) is 10.2. The summed E-state index contributed by atoms with van der Waals surface area (Å²) in [4.78, 5) is 23.3. The average molecular weight is 312 g/mol. The van der Waals surface area contributed by atoms with Crippen molar-refractivity contribution in [2.75, 3.05) is 13.7 Å². The fourth-order valence-electron chi connectivity index (χ4n) is 2.12. The molecular weight excluding hydrogens is 280 g/mol. The first-order chi connectivity index (χ1) is 10.5. The zero-order valence-electron chi connectivity index (χ0n) is 14.3. The number of carbonyl (C=O) groups excluding carboxylic acids is 2. The van der Waals surface area contributed by atoms with Gasteiger partial charge >= 0.3 is 6.09 Å². The molecule has 0 rings (SSSR count). The monoisotopic (exact) mass is 312 g/mol. The first-order valence-corrected chi connectivity index (χ1v) is 8.28. The Morgan fingerprint density at radius 2 is 1.68 bits per heavy atom. The molecule has 2 amide bonds. The summed E-state index contributed by atoms with van der Waals surface area (Å²) in [5.41, 5.74) is 0. The maximum atomic E-state index is 11.7. The van der Waals surface area contributed by atoms with Gasteiger partial charge in [0, 0.05) is 7.05 Å². The molecule has 1 unspecified atom stereocenters. The van der Waals surface area contributed by atoms with Crippen molar-refractivity contribution in [2.24, 2.45) is 5.92 Å². The Kier molecular flexibility index (Phi) is 12.3. The van der Waals surface area contributed by atoms with Crippen LogP contribution in [-0.2, 0) is 9.53 Å². The zero-order chi connectivity index (χ0) is 16.8. The highest BCUT2D eigenvalue weighted by atomic mass is 16.5. The van der Waals surface area contributed by atoms with Gasteiger partial charge in [0.15, 0.2) is 0 Å². The molecule has 0 radical (unpaired) electrons. The van der Waals surface area contributed by atoms with E-state index in [1.807, 2.05) is 19.9 Å². The second-order valence-corrected chi connectivity index (χ2v) is 5.81. The molecule has 0 aliphatic carbocycles. The van der Waals surface area contributed by atoms with E-state index in [1.165, 1.54) is 19.3 Å². The minimum absolute atomic E-state index is 0.0167. The highest BCUT2D eigenvalue weighted by Crippen LogP contribution is 2.07. The smallest absolute Gasteiger partial charge is 0.407 e. The summed E-state index contributed by atoms with van der Waals surface area (Å²) in [6, 6.07) is -0.553. The van der Waals surface area contributed by atoms with Crippen LogP contribution in [0.25, 0.3) is 0 Å². The Labute approximate surface area is 134 Å². The lowest BCUT2D eigenvalue weighted by Crippen LogP contribution is -2.48. The van der Waals surface area contributed by atoms with Crippen LogP contribution in [0.4, 0.5) is 4.79 Å². The van der Waals surface area contributed by atoms with Crippen molar-refractivity contribution >= 4 is 12.0 Å². The topological polar surface area (TPSA) is 67.4 Å². The lowest BCUT2D eigenvalue weighted by Gasteiger charge is -2.20. The first kappa shape index (κ1) is 20.5. The highest BCUT2D eigenvalue weighted by Gasteiger charge is 2.23. The number of hydrogen-bond acceptors (Lipinski definition) is 3. The molecule has 0 aromatic carbocycles. The summed E-state index contributed by atoms with van der Waals surface area (Å²) in [7, 11) is 1.56. The predicted octanol–water partition coefficient (Wildman–Crippen LogP) is 3.40. The van der Waals surface area contributed by atoms with Crippen molar-refractivity contribution in [3.05, 3.63) is 12.7 Å². The summed E-state index contributed by atoms with van der Waals surface area (Å²) in [5.74, 6) is -0.186. The van der Waals surface area contributed by atoms with Crippen LogP contribution in [0.2, 0.25) is 0 Å². The van der Waals surface area contributed by atoms with Crippen LogP contribution >= 0.6 is 0 Å². The molecule has 0 fully saturated rings. The summed E-state index contributed by atoms with van der Waals surface area (Å²) in [5, 5.41) is 5.15. The third-order valence-electron chi connectivity index (χ3n) is 3.50. The van der Waals surface area contributed by atoms with E-state index in [4.69, 9.17) is 4.74 Å². The van der Waals surface area contributed by atoms with E-state index in [0.717, 1.165) is 25.7 Å². The van der Waals surface area contributed by atoms with Gasteiger partial charge in [-0.15, -0.1) is 6.58 Å². The molecule has 0 aromatic heterocycles. The van der Waals surface area contributed by atoms with Crippen molar-refractivity contribution < 1.29 is 14.3 Å². The van der Waals surface area contributed by atoms with Crippen LogP contribution in [0.1, 0.15) is 58.8 Å².